The van der Waals surface area contributed by atoms with Crippen molar-refractivity contribution in [3.63, 3.8) is 0 Å². The number of halogens is 2. The molecule has 1 aliphatic heterocycles. The number of benzene rings is 2. The monoisotopic (exact) mass is 432 g/mol. The smallest absolute Gasteiger partial charge is 0.334 e. The van der Waals surface area contributed by atoms with Gasteiger partial charge in [0.15, 0.2) is 5.60 Å². The first-order valence-electron chi connectivity index (χ1n) is 9.59. The molecule has 0 amide bonds. The largest absolute Gasteiger partial charge is 0.461 e. The summed E-state index contributed by atoms with van der Waals surface area (Å²) in [6.45, 7) is 1.11. The third kappa shape index (κ3) is 4.89. The molecule has 7 heteroatoms. The molecule has 1 fully saturated rings. The number of aliphatic hydroxyl groups is 1. The van der Waals surface area contributed by atoms with Gasteiger partial charge in [0.25, 0.3) is 0 Å². The molecule has 3 rings (SSSR count). The van der Waals surface area contributed by atoms with Crippen LogP contribution >= 0.6 is 11.6 Å². The van der Waals surface area contributed by atoms with E-state index >= 15 is 0 Å². The maximum atomic E-state index is 13.3. The average molecular weight is 433 g/mol. The number of carbonyl (C=O) groups is 2. The summed E-state index contributed by atoms with van der Waals surface area (Å²) in [7, 11) is 0. The Balaban J connectivity index is 1.71. The molecular weight excluding hydrogens is 411 g/mol. The number of cyclic esters (lactones) is 1. The standard InChI is InChI=1S/C23H22ClFO5/c1-2-18(16-6-4-3-5-7-16)22(28)29-14-23(13-26)12-17(21(27)30-23)10-15-8-9-20(25)19(24)11-15/h3-11,18,26H,2,12-14H2,1H3/b17-10-. The van der Waals surface area contributed by atoms with E-state index in [1.54, 1.807) is 0 Å². The Kier molecular flexibility index (Phi) is 6.90. The molecule has 1 saturated heterocycles. The van der Waals surface area contributed by atoms with E-state index in [1.807, 2.05) is 37.3 Å². The van der Waals surface area contributed by atoms with Crippen LogP contribution in [0.25, 0.3) is 6.08 Å². The molecule has 2 aromatic carbocycles. The van der Waals surface area contributed by atoms with Crippen LogP contribution in [0.2, 0.25) is 5.02 Å². The van der Waals surface area contributed by atoms with Gasteiger partial charge in [-0.2, -0.15) is 0 Å². The summed E-state index contributed by atoms with van der Waals surface area (Å²) in [5.41, 5.74) is 0.282. The molecule has 30 heavy (non-hydrogen) atoms. The highest BCUT2D eigenvalue weighted by Crippen LogP contribution is 2.33. The number of hydrogen-bond donors (Lipinski definition) is 1. The molecule has 0 saturated carbocycles. The van der Waals surface area contributed by atoms with E-state index in [9.17, 15) is 19.1 Å². The number of esters is 2. The minimum Gasteiger partial charge on any atom is -0.461 e. The fourth-order valence-corrected chi connectivity index (χ4v) is 3.56. The van der Waals surface area contributed by atoms with Gasteiger partial charge in [-0.05, 0) is 35.8 Å². The van der Waals surface area contributed by atoms with Crippen LogP contribution in [-0.4, -0.2) is 35.9 Å². The van der Waals surface area contributed by atoms with Crippen LogP contribution in [0.15, 0.2) is 54.1 Å². The van der Waals surface area contributed by atoms with Crippen LogP contribution in [-0.2, 0) is 19.1 Å². The number of hydrogen-bond acceptors (Lipinski definition) is 5. The summed E-state index contributed by atoms with van der Waals surface area (Å²) in [5.74, 6) is -2.09. The van der Waals surface area contributed by atoms with Crippen LogP contribution in [0, 0.1) is 5.82 Å². The molecule has 2 aromatic rings. The summed E-state index contributed by atoms with van der Waals surface area (Å²) in [6.07, 6.45) is 2.11. The normalized spacial score (nSPS) is 20.8. The second kappa shape index (κ2) is 9.41. The van der Waals surface area contributed by atoms with Gasteiger partial charge in [0.2, 0.25) is 0 Å². The van der Waals surface area contributed by atoms with Crippen LogP contribution in [0.5, 0.6) is 0 Å². The Morgan fingerprint density at radius 2 is 2.07 bits per heavy atom. The van der Waals surface area contributed by atoms with Gasteiger partial charge in [-0.25, -0.2) is 9.18 Å². The summed E-state index contributed by atoms with van der Waals surface area (Å²) in [4.78, 5) is 24.9. The Morgan fingerprint density at radius 1 is 1.33 bits per heavy atom. The maximum absolute atomic E-state index is 13.3. The molecule has 1 heterocycles. The topological polar surface area (TPSA) is 72.8 Å². The van der Waals surface area contributed by atoms with E-state index in [2.05, 4.69) is 0 Å². The molecule has 158 valence electrons. The van der Waals surface area contributed by atoms with E-state index in [0.717, 1.165) is 5.56 Å². The quantitative estimate of drug-likeness (QED) is 0.522. The summed E-state index contributed by atoms with van der Waals surface area (Å²) < 4.78 is 24.1. The van der Waals surface area contributed by atoms with Crippen LogP contribution in [0.1, 0.15) is 36.8 Å². The lowest BCUT2D eigenvalue weighted by Crippen LogP contribution is -2.39. The summed E-state index contributed by atoms with van der Waals surface area (Å²) >= 11 is 5.78. The zero-order valence-electron chi connectivity index (χ0n) is 16.4. The van der Waals surface area contributed by atoms with Crippen LogP contribution in [0.3, 0.4) is 0 Å². The molecule has 2 unspecified atom stereocenters. The summed E-state index contributed by atoms with van der Waals surface area (Å²) in [5, 5.41) is 9.79. The summed E-state index contributed by atoms with van der Waals surface area (Å²) in [6, 6.07) is 13.3. The fraction of sp³-hybridized carbons (Fsp3) is 0.304. The third-order valence-electron chi connectivity index (χ3n) is 5.03. The van der Waals surface area contributed by atoms with E-state index in [0.29, 0.717) is 12.0 Å². The van der Waals surface area contributed by atoms with Crippen molar-refractivity contribution < 1.29 is 28.6 Å². The van der Waals surface area contributed by atoms with Gasteiger partial charge in [-0.1, -0.05) is 54.9 Å². The number of ether oxygens (including phenoxy) is 2. The van der Waals surface area contributed by atoms with E-state index < -0.39 is 35.9 Å². The highest BCUT2D eigenvalue weighted by Gasteiger charge is 2.45. The molecule has 5 nitrogen and oxygen atoms in total. The first kappa shape index (κ1) is 22.0. The second-order valence-corrected chi connectivity index (χ2v) is 7.64. The SMILES string of the molecule is CCC(C(=O)OCC1(CO)C/C(=C/c2ccc(F)c(Cl)c2)C(=O)O1)c1ccccc1. The van der Waals surface area contributed by atoms with Crippen molar-refractivity contribution in [2.75, 3.05) is 13.2 Å². The molecular formula is C23H22ClFO5. The van der Waals surface area contributed by atoms with Crippen molar-refractivity contribution in [3.8, 4) is 0 Å². The lowest BCUT2D eigenvalue weighted by Gasteiger charge is -2.25. The van der Waals surface area contributed by atoms with Gasteiger partial charge >= 0.3 is 11.9 Å². The molecule has 1 aliphatic rings. The van der Waals surface area contributed by atoms with Crippen LogP contribution < -0.4 is 0 Å². The average Bonchev–Trinajstić information content (AvgIpc) is 3.06. The van der Waals surface area contributed by atoms with Gasteiger partial charge in [0, 0.05) is 12.0 Å². The van der Waals surface area contributed by atoms with Crippen molar-refractivity contribution in [2.24, 2.45) is 0 Å². The maximum Gasteiger partial charge on any atom is 0.334 e. The number of rotatable bonds is 7. The van der Waals surface area contributed by atoms with Gasteiger partial charge in [0.1, 0.15) is 12.4 Å². The van der Waals surface area contributed by atoms with Crippen molar-refractivity contribution in [3.05, 3.63) is 76.1 Å². The molecule has 0 aromatic heterocycles. The Bertz CT molecular complexity index is 959. The van der Waals surface area contributed by atoms with Gasteiger partial charge in [0.05, 0.1) is 17.5 Å². The number of carbonyl (C=O) groups excluding carboxylic acids is 2. The predicted octanol–water partition coefficient (Wildman–Crippen LogP) is 4.28. The van der Waals surface area contributed by atoms with Crippen molar-refractivity contribution in [2.45, 2.75) is 31.3 Å². The highest BCUT2D eigenvalue weighted by molar-refractivity contribution is 6.30. The second-order valence-electron chi connectivity index (χ2n) is 7.23. The molecule has 0 radical (unpaired) electrons. The lowest BCUT2D eigenvalue weighted by atomic mass is 9.96. The predicted molar refractivity (Wildman–Crippen MR) is 110 cm³/mol. The first-order valence-corrected chi connectivity index (χ1v) is 9.96. The molecule has 0 aliphatic carbocycles. The fourth-order valence-electron chi connectivity index (χ4n) is 3.37. The first-order chi connectivity index (χ1) is 14.4. The number of aliphatic hydroxyl groups excluding tert-OH is 1. The van der Waals surface area contributed by atoms with Crippen molar-refractivity contribution >= 4 is 29.6 Å². The zero-order valence-corrected chi connectivity index (χ0v) is 17.2. The van der Waals surface area contributed by atoms with Crippen LogP contribution in [0.4, 0.5) is 4.39 Å². The molecule has 0 bridgehead atoms. The minimum absolute atomic E-state index is 0.0484. The zero-order chi connectivity index (χ0) is 21.7. The Morgan fingerprint density at radius 3 is 2.70 bits per heavy atom. The lowest BCUT2D eigenvalue weighted by molar-refractivity contribution is -0.167. The van der Waals surface area contributed by atoms with Gasteiger partial charge in [-0.15, -0.1) is 0 Å². The molecule has 0 spiro atoms. The van der Waals surface area contributed by atoms with Crippen molar-refractivity contribution in [1.29, 1.82) is 0 Å². The van der Waals surface area contributed by atoms with Gasteiger partial charge in [-0.3, -0.25) is 4.79 Å². The Labute approximate surface area is 179 Å². The van der Waals surface area contributed by atoms with E-state index in [4.69, 9.17) is 21.1 Å². The highest BCUT2D eigenvalue weighted by atomic mass is 35.5. The van der Waals surface area contributed by atoms with Gasteiger partial charge < -0.3 is 14.6 Å². The van der Waals surface area contributed by atoms with E-state index in [1.165, 1.54) is 24.3 Å². The molecule has 1 N–H and O–H groups in total. The minimum atomic E-state index is -1.35. The third-order valence-corrected chi connectivity index (χ3v) is 5.32. The molecule has 2 atom stereocenters. The van der Waals surface area contributed by atoms with Crippen molar-refractivity contribution in [1.82, 2.24) is 0 Å². The Hall–Kier alpha value is -2.70. The van der Waals surface area contributed by atoms with E-state index in [-0.39, 0.29) is 23.6 Å².